The van der Waals surface area contributed by atoms with Crippen LogP contribution in [-0.4, -0.2) is 45.4 Å². The molecule has 0 heterocycles. The van der Waals surface area contributed by atoms with E-state index in [-0.39, 0.29) is 19.3 Å². The zero-order chi connectivity index (χ0) is 17.1. The molecule has 1 N–H and O–H groups in total. The van der Waals surface area contributed by atoms with Crippen LogP contribution < -0.4 is 0 Å². The van der Waals surface area contributed by atoms with Gasteiger partial charge in [-0.2, -0.15) is 0 Å². The van der Waals surface area contributed by atoms with Crippen LogP contribution in [0.4, 0.5) is 0 Å². The van der Waals surface area contributed by atoms with E-state index in [4.69, 9.17) is 14.2 Å². The highest BCUT2D eigenvalue weighted by Crippen LogP contribution is 2.64. The van der Waals surface area contributed by atoms with Gasteiger partial charge in [-0.15, -0.1) is 0 Å². The maximum absolute atomic E-state index is 11.6. The molecule has 0 radical (unpaired) electrons. The van der Waals surface area contributed by atoms with Gasteiger partial charge in [-0.05, 0) is 0 Å². The van der Waals surface area contributed by atoms with E-state index in [1.54, 1.807) is 0 Å². The molecule has 0 aromatic carbocycles. The summed E-state index contributed by atoms with van der Waals surface area (Å²) in [5.74, 6) is -1.40. The van der Waals surface area contributed by atoms with E-state index in [2.05, 4.69) is 0 Å². The molecule has 23 heavy (non-hydrogen) atoms. The number of aliphatic hydroxyl groups is 1. The summed E-state index contributed by atoms with van der Waals surface area (Å²) in [6.45, 7) is 3.92. The molecule has 0 saturated heterocycles. The number of ether oxygens (including phenoxy) is 3. The Kier molecular flexibility index (Phi) is 3.31. The van der Waals surface area contributed by atoms with E-state index in [0.29, 0.717) is 19.3 Å². The zero-order valence-corrected chi connectivity index (χ0v) is 13.6. The van der Waals surface area contributed by atoms with Gasteiger partial charge in [0.15, 0.2) is 0 Å². The monoisotopic (exact) mass is 326 g/mol. The van der Waals surface area contributed by atoms with Gasteiger partial charge in [-0.1, -0.05) is 0 Å². The van der Waals surface area contributed by atoms with E-state index >= 15 is 0 Å². The van der Waals surface area contributed by atoms with Gasteiger partial charge in [0.05, 0.1) is 5.60 Å². The van der Waals surface area contributed by atoms with E-state index in [1.807, 2.05) is 0 Å². The fraction of sp³-hybridized carbons (Fsp3) is 0.812. The van der Waals surface area contributed by atoms with Crippen LogP contribution in [-0.2, 0) is 28.6 Å². The largest absolute Gasteiger partial charge is 0.459 e. The fourth-order valence-electron chi connectivity index (χ4n) is 5.55. The lowest BCUT2D eigenvalue weighted by atomic mass is 9.48. The molecule has 7 nitrogen and oxygen atoms in total. The smallest absolute Gasteiger partial charge is 0.303 e. The molecule has 0 aromatic rings. The maximum Gasteiger partial charge on any atom is 0.303 e. The highest BCUT2D eigenvalue weighted by molar-refractivity contribution is 5.69. The molecule has 0 atom stereocenters. The van der Waals surface area contributed by atoms with Crippen molar-refractivity contribution in [1.29, 1.82) is 0 Å². The minimum Gasteiger partial charge on any atom is -0.459 e. The van der Waals surface area contributed by atoms with Crippen LogP contribution in [0.5, 0.6) is 0 Å². The van der Waals surface area contributed by atoms with Crippen LogP contribution in [0.25, 0.3) is 0 Å². The third-order valence-electron chi connectivity index (χ3n) is 4.97. The summed E-state index contributed by atoms with van der Waals surface area (Å²) in [7, 11) is 0. The summed E-state index contributed by atoms with van der Waals surface area (Å²) in [5, 5.41) is 11.0. The lowest BCUT2D eigenvalue weighted by Gasteiger charge is -2.66. The Balaban J connectivity index is 2.04. The van der Waals surface area contributed by atoms with Crippen LogP contribution in [0.15, 0.2) is 0 Å². The molecular formula is C16H22O7. The Morgan fingerprint density at radius 2 is 0.913 bits per heavy atom. The standard InChI is InChI=1S/C16H22O7/c1-10(17)21-14-4-13(20)5-15(7-14,22-11(2)18)9-16(6-13,8-14)23-12(3)19/h20H,4-9H2,1-3H3. The summed E-state index contributed by atoms with van der Waals surface area (Å²) in [6, 6.07) is 0. The van der Waals surface area contributed by atoms with Crippen molar-refractivity contribution < 1.29 is 33.7 Å². The molecule has 4 saturated carbocycles. The second-order valence-corrected chi connectivity index (χ2v) is 7.61. The summed E-state index contributed by atoms with van der Waals surface area (Å²) < 4.78 is 16.6. The van der Waals surface area contributed by atoms with E-state index in [9.17, 15) is 19.5 Å². The van der Waals surface area contributed by atoms with Crippen LogP contribution in [0.1, 0.15) is 59.3 Å². The van der Waals surface area contributed by atoms with Crippen molar-refractivity contribution in [3.63, 3.8) is 0 Å². The molecule has 4 fully saturated rings. The predicted molar refractivity (Wildman–Crippen MR) is 76.1 cm³/mol. The van der Waals surface area contributed by atoms with Crippen molar-refractivity contribution in [3.8, 4) is 0 Å². The molecule has 4 bridgehead atoms. The summed E-state index contributed by atoms with van der Waals surface area (Å²) in [4.78, 5) is 34.7. The van der Waals surface area contributed by atoms with Gasteiger partial charge in [0.2, 0.25) is 0 Å². The predicted octanol–water partition coefficient (Wildman–Crippen LogP) is 1.00. The number of esters is 3. The first kappa shape index (κ1) is 16.2. The van der Waals surface area contributed by atoms with E-state index < -0.39 is 40.3 Å². The minimum atomic E-state index is -1.19. The second kappa shape index (κ2) is 4.69. The Morgan fingerprint density at radius 1 is 0.652 bits per heavy atom. The molecule has 0 aliphatic heterocycles. The molecule has 4 aliphatic carbocycles. The van der Waals surface area contributed by atoms with Crippen molar-refractivity contribution in [2.24, 2.45) is 0 Å². The third kappa shape index (κ3) is 2.82. The molecule has 7 heteroatoms. The van der Waals surface area contributed by atoms with Crippen LogP contribution in [0.2, 0.25) is 0 Å². The van der Waals surface area contributed by atoms with Crippen LogP contribution in [0, 0.1) is 0 Å². The van der Waals surface area contributed by atoms with Gasteiger partial charge in [-0.25, -0.2) is 0 Å². The molecule has 4 aliphatic rings. The first-order valence-corrected chi connectivity index (χ1v) is 7.80. The molecule has 0 unspecified atom stereocenters. The molecular weight excluding hydrogens is 304 g/mol. The zero-order valence-electron chi connectivity index (χ0n) is 13.6. The third-order valence-corrected chi connectivity index (χ3v) is 4.97. The number of carbonyl (C=O) groups excluding carboxylic acids is 3. The Bertz CT molecular complexity index is 494. The average molecular weight is 326 g/mol. The topological polar surface area (TPSA) is 99.1 Å². The molecule has 0 amide bonds. The Labute approximate surface area is 134 Å². The Morgan fingerprint density at radius 3 is 1.13 bits per heavy atom. The van der Waals surface area contributed by atoms with Gasteiger partial charge >= 0.3 is 17.9 Å². The molecule has 4 rings (SSSR count). The van der Waals surface area contributed by atoms with Crippen molar-refractivity contribution in [3.05, 3.63) is 0 Å². The second-order valence-electron chi connectivity index (χ2n) is 7.61. The van der Waals surface area contributed by atoms with Gasteiger partial charge in [0.1, 0.15) is 16.8 Å². The highest BCUT2D eigenvalue weighted by Gasteiger charge is 2.72. The van der Waals surface area contributed by atoms with Crippen molar-refractivity contribution in [2.45, 2.75) is 81.7 Å². The summed E-state index contributed by atoms with van der Waals surface area (Å²) >= 11 is 0. The van der Waals surface area contributed by atoms with E-state index in [0.717, 1.165) is 0 Å². The Hall–Kier alpha value is -1.63. The summed E-state index contributed by atoms with van der Waals surface area (Å²) in [5.41, 5.74) is -4.10. The molecule has 128 valence electrons. The number of rotatable bonds is 3. The van der Waals surface area contributed by atoms with Gasteiger partial charge in [0.25, 0.3) is 0 Å². The molecule has 0 aromatic heterocycles. The summed E-state index contributed by atoms with van der Waals surface area (Å²) in [6.07, 6.45) is 1.78. The number of hydrogen-bond acceptors (Lipinski definition) is 7. The van der Waals surface area contributed by atoms with Crippen molar-refractivity contribution in [2.75, 3.05) is 0 Å². The first-order valence-electron chi connectivity index (χ1n) is 7.80. The van der Waals surface area contributed by atoms with Crippen LogP contribution >= 0.6 is 0 Å². The SMILES string of the molecule is CC(=O)OC12CC3(O)CC(OC(C)=O)(C1)CC(OC(C)=O)(C3)C2. The van der Waals surface area contributed by atoms with Crippen molar-refractivity contribution in [1.82, 2.24) is 0 Å². The highest BCUT2D eigenvalue weighted by atomic mass is 16.6. The maximum atomic E-state index is 11.6. The van der Waals surface area contributed by atoms with Gasteiger partial charge < -0.3 is 19.3 Å². The lowest BCUT2D eigenvalue weighted by molar-refractivity contribution is -0.305. The lowest BCUT2D eigenvalue weighted by Crippen LogP contribution is -2.74. The first-order chi connectivity index (χ1) is 10.5. The normalized spacial score (nSPS) is 43.8. The number of hydrogen-bond donors (Lipinski definition) is 1. The number of carbonyl (C=O) groups is 3. The molecule has 0 spiro atoms. The minimum absolute atomic E-state index is 0.269. The quantitative estimate of drug-likeness (QED) is 0.610. The fourth-order valence-corrected chi connectivity index (χ4v) is 5.55. The average Bonchev–Trinajstić information content (AvgIpc) is 2.17. The van der Waals surface area contributed by atoms with Gasteiger partial charge in [0, 0.05) is 59.3 Å². The van der Waals surface area contributed by atoms with Crippen molar-refractivity contribution >= 4 is 17.9 Å². The van der Waals surface area contributed by atoms with Crippen LogP contribution in [0.3, 0.4) is 0 Å². The van der Waals surface area contributed by atoms with Gasteiger partial charge in [-0.3, -0.25) is 14.4 Å². The van der Waals surface area contributed by atoms with E-state index in [1.165, 1.54) is 20.8 Å².